The lowest BCUT2D eigenvalue weighted by atomic mass is 10.0. The molecule has 0 bridgehead atoms. The summed E-state index contributed by atoms with van der Waals surface area (Å²) in [4.78, 5) is 25.2. The van der Waals surface area contributed by atoms with Crippen LogP contribution >= 0.6 is 11.8 Å². The topological polar surface area (TPSA) is 54.8 Å². The molecule has 3 heterocycles. The van der Waals surface area contributed by atoms with Crippen LogP contribution in [0, 0.1) is 0 Å². The Hall–Kier alpha value is -6.89. The van der Waals surface area contributed by atoms with Gasteiger partial charge in [-0.2, -0.15) is 0 Å². The molecule has 1 aliphatic rings. The standard InChI is InChI=1S/C48H29N5S/c1-3-18-34-30(12-1)14-7-20-36(34)46-50-47(37-21-8-15-31-13-2-4-19-35(31)37)52-48(51-46)38-22-10-25-43-45(38)54-44-26-6-5-23-42(44)53(43)41-24-9-16-32-28-33-17-11-27-49-40(33)29-39(32)41/h1-29H. The molecule has 0 N–H and O–H groups in total. The predicted octanol–water partition coefficient (Wildman–Crippen LogP) is 12.8. The number of benzene rings is 8. The van der Waals surface area contributed by atoms with Crippen molar-refractivity contribution in [3.05, 3.63) is 176 Å². The number of hydrogen-bond acceptors (Lipinski definition) is 6. The van der Waals surface area contributed by atoms with Crippen molar-refractivity contribution in [3.8, 4) is 34.2 Å². The zero-order chi connectivity index (χ0) is 35.6. The quantitative estimate of drug-likeness (QED) is 0.170. The molecule has 11 rings (SSSR count). The van der Waals surface area contributed by atoms with E-state index in [1.54, 1.807) is 11.8 Å². The number of nitrogens with zero attached hydrogens (tertiary/aromatic N) is 5. The van der Waals surface area contributed by atoms with Gasteiger partial charge in [0.05, 0.1) is 22.6 Å². The van der Waals surface area contributed by atoms with E-state index in [9.17, 15) is 0 Å². The minimum Gasteiger partial charge on any atom is -0.308 e. The van der Waals surface area contributed by atoms with Crippen LogP contribution in [0.25, 0.3) is 77.4 Å². The van der Waals surface area contributed by atoms with Crippen LogP contribution in [0.1, 0.15) is 0 Å². The Bertz CT molecular complexity index is 3010. The third kappa shape index (κ3) is 4.95. The number of fused-ring (bicyclic) bond motifs is 6. The Morgan fingerprint density at radius 3 is 1.69 bits per heavy atom. The van der Waals surface area contributed by atoms with E-state index in [2.05, 4.69) is 169 Å². The Balaban J connectivity index is 1.17. The summed E-state index contributed by atoms with van der Waals surface area (Å²) in [5.41, 5.74) is 7.16. The van der Waals surface area contributed by atoms with Crippen LogP contribution in [-0.4, -0.2) is 19.9 Å². The molecule has 0 saturated carbocycles. The molecular formula is C48H29N5S. The molecule has 0 aliphatic carbocycles. The fourth-order valence-electron chi connectivity index (χ4n) is 7.82. The van der Waals surface area contributed by atoms with Crippen molar-refractivity contribution in [2.24, 2.45) is 0 Å². The molecule has 54 heavy (non-hydrogen) atoms. The summed E-state index contributed by atoms with van der Waals surface area (Å²) in [6, 6.07) is 59.7. The first-order valence-electron chi connectivity index (χ1n) is 18.0. The molecular weight excluding hydrogens is 679 g/mol. The maximum Gasteiger partial charge on any atom is 0.165 e. The van der Waals surface area contributed by atoms with Gasteiger partial charge in [0.15, 0.2) is 17.5 Å². The highest BCUT2D eigenvalue weighted by Crippen LogP contribution is 2.55. The average molecular weight is 708 g/mol. The van der Waals surface area contributed by atoms with E-state index < -0.39 is 0 Å². The van der Waals surface area contributed by atoms with Crippen LogP contribution < -0.4 is 4.90 Å². The van der Waals surface area contributed by atoms with Crippen LogP contribution in [0.2, 0.25) is 0 Å². The van der Waals surface area contributed by atoms with E-state index in [4.69, 9.17) is 19.9 Å². The van der Waals surface area contributed by atoms with Crippen molar-refractivity contribution in [1.82, 2.24) is 19.9 Å². The van der Waals surface area contributed by atoms with Crippen LogP contribution in [0.4, 0.5) is 17.1 Å². The highest BCUT2D eigenvalue weighted by Gasteiger charge is 2.29. The third-order valence-electron chi connectivity index (χ3n) is 10.3. The average Bonchev–Trinajstić information content (AvgIpc) is 3.24. The lowest BCUT2D eigenvalue weighted by Crippen LogP contribution is -2.16. The molecule has 6 heteroatoms. The SMILES string of the molecule is c1ccc2c(c1)Sc1c(-c3nc(-c4cccc5ccccc45)nc(-c4cccc5ccccc45)n3)cccc1N2c1cccc2cc3cccnc3cc12. The van der Waals surface area contributed by atoms with Crippen molar-refractivity contribution < 1.29 is 0 Å². The van der Waals surface area contributed by atoms with Gasteiger partial charge in [0.2, 0.25) is 0 Å². The Labute approximate surface area is 315 Å². The monoisotopic (exact) mass is 707 g/mol. The fourth-order valence-corrected chi connectivity index (χ4v) is 8.98. The van der Waals surface area contributed by atoms with Gasteiger partial charge >= 0.3 is 0 Å². The van der Waals surface area contributed by atoms with Gasteiger partial charge < -0.3 is 4.90 Å². The van der Waals surface area contributed by atoms with E-state index in [1.807, 2.05) is 12.3 Å². The first-order valence-corrected chi connectivity index (χ1v) is 18.8. The molecule has 0 amide bonds. The van der Waals surface area contributed by atoms with E-state index in [0.29, 0.717) is 17.5 Å². The van der Waals surface area contributed by atoms with Gasteiger partial charge in [-0.15, -0.1) is 0 Å². The smallest absolute Gasteiger partial charge is 0.165 e. The Morgan fingerprint density at radius 2 is 0.926 bits per heavy atom. The van der Waals surface area contributed by atoms with Gasteiger partial charge in [-0.1, -0.05) is 133 Å². The van der Waals surface area contributed by atoms with Crippen LogP contribution in [-0.2, 0) is 0 Å². The van der Waals surface area contributed by atoms with Crippen molar-refractivity contribution in [2.45, 2.75) is 9.79 Å². The fraction of sp³-hybridized carbons (Fsp3) is 0. The summed E-state index contributed by atoms with van der Waals surface area (Å²) in [6.45, 7) is 0. The zero-order valence-electron chi connectivity index (χ0n) is 28.9. The summed E-state index contributed by atoms with van der Waals surface area (Å²) in [6.07, 6.45) is 1.86. The van der Waals surface area contributed by atoms with Crippen LogP contribution in [0.3, 0.4) is 0 Å². The van der Waals surface area contributed by atoms with Crippen molar-refractivity contribution in [1.29, 1.82) is 0 Å². The molecule has 1 aliphatic heterocycles. The molecule has 0 unspecified atom stereocenters. The second kappa shape index (κ2) is 12.4. The van der Waals surface area contributed by atoms with E-state index >= 15 is 0 Å². The van der Waals surface area contributed by atoms with Gasteiger partial charge in [-0.25, -0.2) is 15.0 Å². The minimum atomic E-state index is 0.632. The molecule has 0 radical (unpaired) electrons. The molecule has 0 atom stereocenters. The number of para-hydroxylation sites is 1. The highest BCUT2D eigenvalue weighted by atomic mass is 32.2. The lowest BCUT2D eigenvalue weighted by Gasteiger charge is -2.34. The molecule has 0 fully saturated rings. The second-order valence-electron chi connectivity index (χ2n) is 13.5. The van der Waals surface area contributed by atoms with Crippen molar-refractivity contribution in [3.63, 3.8) is 0 Å². The van der Waals surface area contributed by atoms with Gasteiger partial charge in [-0.3, -0.25) is 4.98 Å². The summed E-state index contributed by atoms with van der Waals surface area (Å²) in [5.74, 6) is 1.92. The predicted molar refractivity (Wildman–Crippen MR) is 223 cm³/mol. The van der Waals surface area contributed by atoms with Gasteiger partial charge in [-0.05, 0) is 75.5 Å². The molecule has 8 aromatic carbocycles. The lowest BCUT2D eigenvalue weighted by molar-refractivity contribution is 1.07. The second-order valence-corrected chi connectivity index (χ2v) is 14.5. The maximum absolute atomic E-state index is 5.31. The van der Waals surface area contributed by atoms with Crippen molar-refractivity contribution >= 4 is 72.0 Å². The molecule has 0 saturated heterocycles. The van der Waals surface area contributed by atoms with E-state index in [-0.39, 0.29) is 0 Å². The van der Waals surface area contributed by atoms with Gasteiger partial charge in [0.25, 0.3) is 0 Å². The molecule has 2 aromatic heterocycles. The van der Waals surface area contributed by atoms with Gasteiger partial charge in [0, 0.05) is 43.5 Å². The molecule has 0 spiro atoms. The minimum absolute atomic E-state index is 0.632. The van der Waals surface area contributed by atoms with Crippen LogP contribution in [0.5, 0.6) is 0 Å². The first kappa shape index (κ1) is 30.7. The molecule has 10 aromatic rings. The third-order valence-corrected chi connectivity index (χ3v) is 11.5. The molecule has 5 nitrogen and oxygen atoms in total. The summed E-state index contributed by atoms with van der Waals surface area (Å²) >= 11 is 1.76. The highest BCUT2D eigenvalue weighted by molar-refractivity contribution is 8.00. The number of hydrogen-bond donors (Lipinski definition) is 0. The Kier molecular flexibility index (Phi) is 7.03. The molecule has 252 valence electrons. The largest absolute Gasteiger partial charge is 0.308 e. The number of anilines is 3. The number of rotatable bonds is 4. The zero-order valence-corrected chi connectivity index (χ0v) is 29.7. The Morgan fingerprint density at radius 1 is 0.389 bits per heavy atom. The maximum atomic E-state index is 5.31. The first-order chi connectivity index (χ1) is 26.8. The normalized spacial score (nSPS) is 12.3. The van der Waals surface area contributed by atoms with E-state index in [1.165, 1.54) is 5.39 Å². The van der Waals surface area contributed by atoms with E-state index in [0.717, 1.165) is 81.4 Å². The van der Waals surface area contributed by atoms with Crippen LogP contribution in [0.15, 0.2) is 186 Å². The summed E-state index contributed by atoms with van der Waals surface area (Å²) < 4.78 is 0. The number of pyridine rings is 1. The van der Waals surface area contributed by atoms with Gasteiger partial charge in [0.1, 0.15) is 0 Å². The summed E-state index contributed by atoms with van der Waals surface area (Å²) in [7, 11) is 0. The van der Waals surface area contributed by atoms with Crippen molar-refractivity contribution in [2.75, 3.05) is 4.90 Å². The number of aromatic nitrogens is 4. The summed E-state index contributed by atoms with van der Waals surface area (Å²) in [5, 5.41) is 7.91.